The van der Waals surface area contributed by atoms with Gasteiger partial charge in [-0.05, 0) is 47.9 Å². The predicted octanol–water partition coefficient (Wildman–Crippen LogP) is 4.72. The molecular formula is C29H28N2O4. The molecule has 1 fully saturated rings. The molecule has 5 rings (SSSR count). The zero-order valence-corrected chi connectivity index (χ0v) is 19.7. The number of hydrogen-bond donors (Lipinski definition) is 1. The maximum atomic E-state index is 12.8. The molecule has 0 unspecified atom stereocenters. The van der Waals surface area contributed by atoms with Crippen LogP contribution in [-0.2, 0) is 17.8 Å². The number of rotatable bonds is 6. The van der Waals surface area contributed by atoms with Crippen molar-refractivity contribution in [2.24, 2.45) is 0 Å². The van der Waals surface area contributed by atoms with Gasteiger partial charge in [0.15, 0.2) is 0 Å². The minimum Gasteiger partial charge on any atom is -0.481 e. The van der Waals surface area contributed by atoms with Crippen molar-refractivity contribution in [3.05, 3.63) is 99.9 Å². The molecule has 1 saturated heterocycles. The highest BCUT2D eigenvalue weighted by Gasteiger charge is 2.22. The monoisotopic (exact) mass is 468 g/mol. The molecule has 3 aromatic carbocycles. The van der Waals surface area contributed by atoms with E-state index < -0.39 is 11.6 Å². The molecule has 0 spiro atoms. The fourth-order valence-electron chi connectivity index (χ4n) is 4.89. The smallest absolute Gasteiger partial charge is 0.340 e. The molecule has 1 aliphatic heterocycles. The van der Waals surface area contributed by atoms with E-state index in [9.17, 15) is 14.7 Å². The Morgan fingerprint density at radius 2 is 1.60 bits per heavy atom. The van der Waals surface area contributed by atoms with Gasteiger partial charge in [-0.15, -0.1) is 0 Å². The fraction of sp³-hybridized carbons (Fsp3) is 0.241. The van der Waals surface area contributed by atoms with Crippen molar-refractivity contribution in [3.8, 4) is 11.1 Å². The Hall–Kier alpha value is -3.90. The van der Waals surface area contributed by atoms with Crippen LogP contribution in [0.4, 0.5) is 5.69 Å². The standard InChI is InChI=1S/C29H28N2O4/c1-20-16-26-24(28(21-8-4-2-5-9-21)25(18-27(32)33)29(34)35-26)17-22(20)19-30-12-14-31(15-13-30)23-10-6-3-7-11-23/h2-11,16-17H,12-15,18-19H2,1H3,(H,32,33). The van der Waals surface area contributed by atoms with Gasteiger partial charge in [0.05, 0.1) is 12.0 Å². The van der Waals surface area contributed by atoms with Crippen molar-refractivity contribution in [1.82, 2.24) is 4.90 Å². The van der Waals surface area contributed by atoms with E-state index in [1.165, 1.54) is 5.69 Å². The van der Waals surface area contributed by atoms with Crippen molar-refractivity contribution >= 4 is 22.6 Å². The number of anilines is 1. The number of nitrogens with zero attached hydrogens (tertiary/aromatic N) is 2. The van der Waals surface area contributed by atoms with Gasteiger partial charge in [0, 0.05) is 49.4 Å². The van der Waals surface area contributed by atoms with E-state index in [-0.39, 0.29) is 12.0 Å². The summed E-state index contributed by atoms with van der Waals surface area (Å²) in [7, 11) is 0. The van der Waals surface area contributed by atoms with Crippen molar-refractivity contribution in [1.29, 1.82) is 0 Å². The third-order valence-electron chi connectivity index (χ3n) is 6.74. The van der Waals surface area contributed by atoms with Crippen LogP contribution in [0, 0.1) is 6.92 Å². The quantitative estimate of drug-likeness (QED) is 0.413. The van der Waals surface area contributed by atoms with Crippen LogP contribution in [0.25, 0.3) is 22.1 Å². The van der Waals surface area contributed by atoms with E-state index in [2.05, 4.69) is 40.1 Å². The summed E-state index contributed by atoms with van der Waals surface area (Å²) in [6.07, 6.45) is -0.382. The molecule has 4 aromatic rings. The Balaban J connectivity index is 1.49. The number of carbonyl (C=O) groups is 1. The molecule has 0 atom stereocenters. The first-order valence-electron chi connectivity index (χ1n) is 11.9. The molecule has 0 bridgehead atoms. The van der Waals surface area contributed by atoms with Crippen molar-refractivity contribution in [2.75, 3.05) is 31.1 Å². The Morgan fingerprint density at radius 1 is 0.943 bits per heavy atom. The highest BCUT2D eigenvalue weighted by atomic mass is 16.4. The lowest BCUT2D eigenvalue weighted by atomic mass is 9.93. The Morgan fingerprint density at radius 3 is 2.26 bits per heavy atom. The van der Waals surface area contributed by atoms with E-state index >= 15 is 0 Å². The third-order valence-corrected chi connectivity index (χ3v) is 6.74. The van der Waals surface area contributed by atoms with Gasteiger partial charge in [-0.25, -0.2) is 4.79 Å². The van der Waals surface area contributed by atoms with Gasteiger partial charge in [0.1, 0.15) is 5.58 Å². The second-order valence-corrected chi connectivity index (χ2v) is 9.05. The van der Waals surface area contributed by atoms with Gasteiger partial charge in [-0.3, -0.25) is 9.69 Å². The molecule has 35 heavy (non-hydrogen) atoms. The Bertz CT molecular complexity index is 1410. The number of piperazine rings is 1. The van der Waals surface area contributed by atoms with Crippen LogP contribution in [0.1, 0.15) is 16.7 Å². The van der Waals surface area contributed by atoms with Gasteiger partial charge in [0.2, 0.25) is 0 Å². The van der Waals surface area contributed by atoms with Crippen LogP contribution in [-0.4, -0.2) is 42.2 Å². The summed E-state index contributed by atoms with van der Waals surface area (Å²) >= 11 is 0. The number of carboxylic acid groups (broad SMARTS) is 1. The second kappa shape index (κ2) is 9.76. The summed E-state index contributed by atoms with van der Waals surface area (Å²) in [5.74, 6) is -1.06. The third kappa shape index (κ3) is 4.84. The first-order chi connectivity index (χ1) is 17.0. The second-order valence-electron chi connectivity index (χ2n) is 9.05. The van der Waals surface area contributed by atoms with Gasteiger partial charge < -0.3 is 14.4 Å². The van der Waals surface area contributed by atoms with Crippen LogP contribution >= 0.6 is 0 Å². The van der Waals surface area contributed by atoms with E-state index in [0.29, 0.717) is 11.1 Å². The number of benzene rings is 3. The van der Waals surface area contributed by atoms with Gasteiger partial charge in [0.25, 0.3) is 0 Å². The number of fused-ring (bicyclic) bond motifs is 1. The zero-order chi connectivity index (χ0) is 24.4. The number of para-hydroxylation sites is 1. The number of carboxylic acids is 1. The van der Waals surface area contributed by atoms with E-state index in [1.54, 1.807) is 0 Å². The maximum Gasteiger partial charge on any atom is 0.340 e. The lowest BCUT2D eigenvalue weighted by Crippen LogP contribution is -2.46. The Kier molecular flexibility index (Phi) is 6.38. The van der Waals surface area contributed by atoms with Crippen molar-refractivity contribution < 1.29 is 14.3 Å². The fourth-order valence-corrected chi connectivity index (χ4v) is 4.89. The summed E-state index contributed by atoms with van der Waals surface area (Å²) in [4.78, 5) is 29.2. The lowest BCUT2D eigenvalue weighted by Gasteiger charge is -2.36. The van der Waals surface area contributed by atoms with Gasteiger partial charge in [-0.2, -0.15) is 0 Å². The molecule has 178 valence electrons. The molecule has 1 aliphatic rings. The van der Waals surface area contributed by atoms with Crippen molar-refractivity contribution in [3.63, 3.8) is 0 Å². The summed E-state index contributed by atoms with van der Waals surface area (Å²) in [5, 5.41) is 10.2. The predicted molar refractivity (Wildman–Crippen MR) is 138 cm³/mol. The molecule has 6 nitrogen and oxygen atoms in total. The van der Waals surface area contributed by atoms with Crippen LogP contribution in [0.5, 0.6) is 0 Å². The zero-order valence-electron chi connectivity index (χ0n) is 19.7. The summed E-state index contributed by atoms with van der Waals surface area (Å²) in [6, 6.07) is 24.0. The molecule has 0 aliphatic carbocycles. The minimum absolute atomic E-state index is 0.183. The van der Waals surface area contributed by atoms with Crippen LogP contribution in [0.3, 0.4) is 0 Å². The highest BCUT2D eigenvalue weighted by molar-refractivity contribution is 5.96. The van der Waals surface area contributed by atoms with Crippen LogP contribution in [0.2, 0.25) is 0 Å². The average Bonchev–Trinajstić information content (AvgIpc) is 2.87. The number of hydrogen-bond acceptors (Lipinski definition) is 5. The normalized spacial score (nSPS) is 14.4. The molecule has 6 heteroatoms. The average molecular weight is 469 g/mol. The van der Waals surface area contributed by atoms with E-state index in [0.717, 1.165) is 54.8 Å². The number of aliphatic carboxylic acids is 1. The SMILES string of the molecule is Cc1cc2oc(=O)c(CC(=O)O)c(-c3ccccc3)c2cc1CN1CCN(c2ccccc2)CC1. The van der Waals surface area contributed by atoms with Gasteiger partial charge >= 0.3 is 11.6 Å². The molecule has 2 heterocycles. The molecule has 1 aromatic heterocycles. The van der Waals surface area contributed by atoms with E-state index in [4.69, 9.17) is 4.42 Å². The summed E-state index contributed by atoms with van der Waals surface area (Å²) < 4.78 is 5.61. The molecule has 0 radical (unpaired) electrons. The largest absolute Gasteiger partial charge is 0.481 e. The molecule has 0 amide bonds. The highest BCUT2D eigenvalue weighted by Crippen LogP contribution is 2.33. The maximum absolute atomic E-state index is 12.8. The molecule has 1 N–H and O–H groups in total. The molecule has 0 saturated carbocycles. The minimum atomic E-state index is -1.06. The van der Waals surface area contributed by atoms with Crippen molar-refractivity contribution in [2.45, 2.75) is 19.9 Å². The first-order valence-corrected chi connectivity index (χ1v) is 11.9. The lowest BCUT2D eigenvalue weighted by molar-refractivity contribution is -0.136. The molecular weight excluding hydrogens is 440 g/mol. The van der Waals surface area contributed by atoms with Gasteiger partial charge in [-0.1, -0.05) is 48.5 Å². The topological polar surface area (TPSA) is 74.0 Å². The first kappa shape index (κ1) is 22.9. The van der Waals surface area contributed by atoms with Crippen LogP contribution < -0.4 is 10.5 Å². The Labute approximate surface area is 204 Å². The van der Waals surface area contributed by atoms with E-state index in [1.807, 2.05) is 49.4 Å². The van der Waals surface area contributed by atoms with Crippen LogP contribution in [0.15, 0.2) is 82.0 Å². The summed E-state index contributed by atoms with van der Waals surface area (Å²) in [5.41, 5.74) is 4.99. The summed E-state index contributed by atoms with van der Waals surface area (Å²) in [6.45, 7) is 6.64. The number of aryl methyl sites for hydroxylation is 1.